The molecule has 0 bridgehead atoms. The first-order chi connectivity index (χ1) is 12.6. The largest absolute Gasteiger partial charge is 0.329 e. The molecule has 2 fully saturated rings. The van der Waals surface area contributed by atoms with Crippen LogP contribution >= 0.6 is 0 Å². The fraction of sp³-hybridized carbons (Fsp3) is 0.526. The maximum atomic E-state index is 12.8. The Bertz CT molecular complexity index is 759. The molecule has 138 valence electrons. The molecule has 0 spiro atoms. The summed E-state index contributed by atoms with van der Waals surface area (Å²) in [6.45, 7) is 1.72. The summed E-state index contributed by atoms with van der Waals surface area (Å²) in [4.78, 5) is 37.8. The van der Waals surface area contributed by atoms with Crippen LogP contribution in [-0.4, -0.2) is 41.2 Å². The number of rotatable bonds is 6. The summed E-state index contributed by atoms with van der Waals surface area (Å²) in [5.74, 6) is -0.0959. The van der Waals surface area contributed by atoms with Crippen molar-refractivity contribution < 1.29 is 14.4 Å². The lowest BCUT2D eigenvalue weighted by Gasteiger charge is -2.29. The molecule has 2 heterocycles. The number of amides is 3. The van der Waals surface area contributed by atoms with Crippen LogP contribution in [0.2, 0.25) is 0 Å². The van der Waals surface area contributed by atoms with Crippen molar-refractivity contribution in [2.24, 2.45) is 11.7 Å². The summed E-state index contributed by atoms with van der Waals surface area (Å²) in [6, 6.07) is 5.67. The SMILES string of the molecule is NCC(NCc1ccc2c(c1)C(=O)N(C1CCC(=O)NC1=O)C2)C1CC1. The third-order valence-corrected chi connectivity index (χ3v) is 5.61. The molecular formula is C19H24N4O3. The summed E-state index contributed by atoms with van der Waals surface area (Å²) in [7, 11) is 0. The average molecular weight is 356 g/mol. The number of carbonyl (C=O) groups is 3. The Hall–Kier alpha value is -2.25. The van der Waals surface area contributed by atoms with Gasteiger partial charge in [-0.05, 0) is 42.4 Å². The van der Waals surface area contributed by atoms with Crippen molar-refractivity contribution in [2.75, 3.05) is 6.54 Å². The molecule has 1 aromatic rings. The quantitative estimate of drug-likeness (QED) is 0.635. The Morgan fingerprint density at radius 2 is 2.04 bits per heavy atom. The van der Waals surface area contributed by atoms with Crippen molar-refractivity contribution in [1.82, 2.24) is 15.5 Å². The van der Waals surface area contributed by atoms with Crippen LogP contribution in [0, 0.1) is 5.92 Å². The highest BCUT2D eigenvalue weighted by Crippen LogP contribution is 2.32. The van der Waals surface area contributed by atoms with E-state index < -0.39 is 6.04 Å². The number of nitrogens with one attached hydrogen (secondary N) is 2. The van der Waals surface area contributed by atoms with Gasteiger partial charge in [0.25, 0.3) is 5.91 Å². The highest BCUT2D eigenvalue weighted by molar-refractivity contribution is 6.05. The number of imide groups is 1. The number of fused-ring (bicyclic) bond motifs is 1. The zero-order valence-electron chi connectivity index (χ0n) is 14.7. The molecule has 0 radical (unpaired) electrons. The predicted octanol–water partition coefficient (Wildman–Crippen LogP) is 0.275. The number of hydrogen-bond donors (Lipinski definition) is 3. The van der Waals surface area contributed by atoms with Crippen LogP contribution in [0.25, 0.3) is 0 Å². The van der Waals surface area contributed by atoms with Gasteiger partial charge >= 0.3 is 0 Å². The number of carbonyl (C=O) groups excluding carboxylic acids is 3. The van der Waals surface area contributed by atoms with Crippen molar-refractivity contribution in [1.29, 1.82) is 0 Å². The van der Waals surface area contributed by atoms with Gasteiger partial charge < -0.3 is 16.0 Å². The second-order valence-corrected chi connectivity index (χ2v) is 7.45. The summed E-state index contributed by atoms with van der Waals surface area (Å²) in [6.07, 6.45) is 3.13. The van der Waals surface area contributed by atoms with E-state index in [0.717, 1.165) is 11.1 Å². The summed E-state index contributed by atoms with van der Waals surface area (Å²) < 4.78 is 0. The monoisotopic (exact) mass is 356 g/mol. The van der Waals surface area contributed by atoms with Gasteiger partial charge in [0.2, 0.25) is 11.8 Å². The van der Waals surface area contributed by atoms with Crippen LogP contribution in [0.3, 0.4) is 0 Å². The molecular weight excluding hydrogens is 332 g/mol. The smallest absolute Gasteiger partial charge is 0.255 e. The third kappa shape index (κ3) is 3.24. The van der Waals surface area contributed by atoms with E-state index in [1.54, 1.807) is 4.90 Å². The van der Waals surface area contributed by atoms with Gasteiger partial charge in [-0.2, -0.15) is 0 Å². The number of nitrogens with two attached hydrogens (primary N) is 1. The van der Waals surface area contributed by atoms with Crippen LogP contribution in [0.15, 0.2) is 18.2 Å². The van der Waals surface area contributed by atoms with E-state index in [2.05, 4.69) is 10.6 Å². The van der Waals surface area contributed by atoms with Gasteiger partial charge in [0.1, 0.15) is 6.04 Å². The van der Waals surface area contributed by atoms with Crippen LogP contribution in [0.4, 0.5) is 0 Å². The van der Waals surface area contributed by atoms with Crippen LogP contribution in [0.5, 0.6) is 0 Å². The Morgan fingerprint density at radius 3 is 2.73 bits per heavy atom. The lowest BCUT2D eigenvalue weighted by Crippen LogP contribution is -2.52. The Labute approximate surface area is 152 Å². The van der Waals surface area contributed by atoms with E-state index in [1.165, 1.54) is 12.8 Å². The molecule has 3 aliphatic rings. The highest BCUT2D eigenvalue weighted by Gasteiger charge is 2.39. The molecule has 26 heavy (non-hydrogen) atoms. The molecule has 7 heteroatoms. The van der Waals surface area contributed by atoms with Crippen molar-refractivity contribution in [3.8, 4) is 0 Å². The zero-order valence-corrected chi connectivity index (χ0v) is 14.7. The van der Waals surface area contributed by atoms with Crippen molar-refractivity contribution in [2.45, 2.75) is 50.9 Å². The zero-order chi connectivity index (χ0) is 18.3. The second kappa shape index (κ2) is 6.81. The van der Waals surface area contributed by atoms with Gasteiger partial charge in [-0.3, -0.25) is 19.7 Å². The molecule has 1 aromatic carbocycles. The average Bonchev–Trinajstić information content (AvgIpc) is 3.41. The molecule has 7 nitrogen and oxygen atoms in total. The van der Waals surface area contributed by atoms with Crippen molar-refractivity contribution in [3.05, 3.63) is 34.9 Å². The van der Waals surface area contributed by atoms with Gasteiger partial charge in [-0.25, -0.2) is 0 Å². The van der Waals surface area contributed by atoms with E-state index in [1.807, 2.05) is 18.2 Å². The number of benzene rings is 1. The lowest BCUT2D eigenvalue weighted by atomic mass is 10.0. The molecule has 2 unspecified atom stereocenters. The topological polar surface area (TPSA) is 105 Å². The fourth-order valence-corrected chi connectivity index (χ4v) is 3.90. The minimum Gasteiger partial charge on any atom is -0.329 e. The van der Waals surface area contributed by atoms with Crippen LogP contribution in [-0.2, 0) is 22.7 Å². The summed E-state index contributed by atoms with van der Waals surface area (Å²) in [5.41, 5.74) is 8.46. The standard InChI is InChI=1S/C19H24N4O3/c20-8-15(12-3-4-12)21-9-11-1-2-13-10-23(19(26)14(13)7-11)16-5-6-17(24)22-18(16)25/h1-2,7,12,15-16,21H,3-6,8-10,20H2,(H,22,24,25). The van der Waals surface area contributed by atoms with Crippen molar-refractivity contribution >= 4 is 17.7 Å². The normalized spacial score (nSPS) is 23.8. The van der Waals surface area contributed by atoms with Gasteiger partial charge in [-0.1, -0.05) is 12.1 Å². The maximum Gasteiger partial charge on any atom is 0.255 e. The summed E-state index contributed by atoms with van der Waals surface area (Å²) in [5, 5.41) is 5.82. The maximum absolute atomic E-state index is 12.8. The highest BCUT2D eigenvalue weighted by atomic mass is 16.2. The van der Waals surface area contributed by atoms with Crippen LogP contribution < -0.4 is 16.4 Å². The van der Waals surface area contributed by atoms with E-state index >= 15 is 0 Å². The molecule has 1 saturated heterocycles. The molecule has 2 aliphatic heterocycles. The Morgan fingerprint density at radius 1 is 1.23 bits per heavy atom. The van der Waals surface area contributed by atoms with Crippen molar-refractivity contribution in [3.63, 3.8) is 0 Å². The number of piperidine rings is 1. The molecule has 3 amide bonds. The first-order valence-electron chi connectivity index (χ1n) is 9.26. The van der Waals surface area contributed by atoms with E-state index in [9.17, 15) is 14.4 Å². The number of hydrogen-bond acceptors (Lipinski definition) is 5. The van der Waals surface area contributed by atoms with Gasteiger partial charge in [-0.15, -0.1) is 0 Å². The van der Waals surface area contributed by atoms with E-state index in [0.29, 0.717) is 43.6 Å². The Balaban J connectivity index is 1.45. The summed E-state index contributed by atoms with van der Waals surface area (Å²) >= 11 is 0. The molecule has 4 N–H and O–H groups in total. The predicted molar refractivity (Wildman–Crippen MR) is 94.9 cm³/mol. The van der Waals surface area contributed by atoms with E-state index in [4.69, 9.17) is 5.73 Å². The molecule has 2 atom stereocenters. The molecule has 0 aromatic heterocycles. The third-order valence-electron chi connectivity index (χ3n) is 5.61. The Kier molecular flexibility index (Phi) is 4.50. The first-order valence-corrected chi connectivity index (χ1v) is 9.26. The van der Waals surface area contributed by atoms with E-state index in [-0.39, 0.29) is 24.1 Å². The minimum absolute atomic E-state index is 0.131. The minimum atomic E-state index is -0.564. The molecule has 4 rings (SSSR count). The number of nitrogens with zero attached hydrogens (tertiary/aromatic N) is 1. The lowest BCUT2D eigenvalue weighted by molar-refractivity contribution is -0.136. The van der Waals surface area contributed by atoms with Gasteiger partial charge in [0.15, 0.2) is 0 Å². The van der Waals surface area contributed by atoms with Gasteiger partial charge in [0, 0.05) is 37.7 Å². The second-order valence-electron chi connectivity index (χ2n) is 7.45. The van der Waals surface area contributed by atoms with Crippen LogP contribution in [0.1, 0.15) is 47.2 Å². The molecule has 1 aliphatic carbocycles. The molecule has 1 saturated carbocycles. The van der Waals surface area contributed by atoms with Gasteiger partial charge in [0.05, 0.1) is 0 Å². The first kappa shape index (κ1) is 17.2. The fourth-order valence-electron chi connectivity index (χ4n) is 3.90.